The largest absolute Gasteiger partial charge is 0.393 e. The van der Waals surface area contributed by atoms with Gasteiger partial charge in [-0.05, 0) is 18.8 Å². The number of nitro groups is 1. The maximum Gasteiger partial charge on any atom is 0.306 e. The van der Waals surface area contributed by atoms with Crippen molar-refractivity contribution >= 4 is 5.69 Å². The summed E-state index contributed by atoms with van der Waals surface area (Å²) in [6, 6.07) is 0. The van der Waals surface area contributed by atoms with Gasteiger partial charge in [0.1, 0.15) is 12.4 Å². The van der Waals surface area contributed by atoms with Gasteiger partial charge in [-0.2, -0.15) is 5.10 Å². The number of aromatic nitrogens is 2. The van der Waals surface area contributed by atoms with Gasteiger partial charge >= 0.3 is 5.69 Å². The highest BCUT2D eigenvalue weighted by Gasteiger charge is 2.22. The van der Waals surface area contributed by atoms with Gasteiger partial charge in [0.2, 0.25) is 0 Å². The minimum absolute atomic E-state index is 0.0829. The Bertz CT molecular complexity index is 465. The first-order chi connectivity index (χ1) is 10.1. The zero-order valence-electron chi connectivity index (χ0n) is 11.9. The molecule has 1 aliphatic carbocycles. The number of hydrogen-bond acceptors (Lipinski definition) is 6. The van der Waals surface area contributed by atoms with Crippen molar-refractivity contribution in [2.45, 2.75) is 44.4 Å². The van der Waals surface area contributed by atoms with E-state index in [0.717, 1.165) is 25.7 Å². The predicted octanol–water partition coefficient (Wildman–Crippen LogP) is 0.293. The number of nitrogens with one attached hydrogen (secondary N) is 1. The van der Waals surface area contributed by atoms with Gasteiger partial charge in [0.15, 0.2) is 0 Å². The predicted molar refractivity (Wildman–Crippen MR) is 75.7 cm³/mol. The van der Waals surface area contributed by atoms with Crippen LogP contribution in [0.25, 0.3) is 0 Å². The van der Waals surface area contributed by atoms with Crippen LogP contribution in [0.2, 0.25) is 0 Å². The van der Waals surface area contributed by atoms with E-state index in [1.165, 1.54) is 17.1 Å². The fourth-order valence-corrected chi connectivity index (χ4v) is 2.69. The van der Waals surface area contributed by atoms with E-state index in [1.807, 2.05) is 0 Å². The summed E-state index contributed by atoms with van der Waals surface area (Å²) >= 11 is 0. The molecule has 0 bridgehead atoms. The second-order valence-corrected chi connectivity index (χ2v) is 5.60. The fourth-order valence-electron chi connectivity index (χ4n) is 2.69. The van der Waals surface area contributed by atoms with Gasteiger partial charge in [0, 0.05) is 13.1 Å². The lowest BCUT2D eigenvalue weighted by atomic mass is 9.86. The van der Waals surface area contributed by atoms with Crippen LogP contribution in [0, 0.1) is 16.0 Å². The monoisotopic (exact) mass is 298 g/mol. The normalized spacial score (nSPS) is 23.9. The smallest absolute Gasteiger partial charge is 0.306 e. The van der Waals surface area contributed by atoms with E-state index in [9.17, 15) is 20.3 Å². The molecule has 3 N–H and O–H groups in total. The van der Waals surface area contributed by atoms with Crippen molar-refractivity contribution in [2.75, 3.05) is 13.1 Å². The van der Waals surface area contributed by atoms with Crippen molar-refractivity contribution < 1.29 is 15.1 Å². The average molecular weight is 298 g/mol. The molecule has 0 amide bonds. The summed E-state index contributed by atoms with van der Waals surface area (Å²) in [6.07, 6.45) is 5.62. The van der Waals surface area contributed by atoms with E-state index < -0.39 is 11.0 Å². The Morgan fingerprint density at radius 2 is 2.29 bits per heavy atom. The molecule has 1 aromatic heterocycles. The zero-order valence-corrected chi connectivity index (χ0v) is 11.9. The highest BCUT2D eigenvalue weighted by Crippen LogP contribution is 2.23. The van der Waals surface area contributed by atoms with Crippen LogP contribution in [0.1, 0.15) is 25.7 Å². The maximum atomic E-state index is 10.5. The number of aliphatic hydroxyl groups is 2. The van der Waals surface area contributed by atoms with Crippen LogP contribution in [-0.4, -0.2) is 50.2 Å². The van der Waals surface area contributed by atoms with E-state index in [2.05, 4.69) is 10.4 Å². The Balaban J connectivity index is 1.69. The first-order valence-electron chi connectivity index (χ1n) is 7.30. The fraction of sp³-hybridized carbons (Fsp3) is 0.769. The van der Waals surface area contributed by atoms with Crippen molar-refractivity contribution in [3.8, 4) is 0 Å². The van der Waals surface area contributed by atoms with Crippen LogP contribution in [0.3, 0.4) is 0 Å². The maximum absolute atomic E-state index is 10.5. The second kappa shape index (κ2) is 7.48. The number of hydrogen-bond donors (Lipinski definition) is 3. The average Bonchev–Trinajstić information content (AvgIpc) is 2.89. The van der Waals surface area contributed by atoms with Crippen molar-refractivity contribution in [3.63, 3.8) is 0 Å². The van der Waals surface area contributed by atoms with Gasteiger partial charge in [0.05, 0.1) is 23.7 Å². The zero-order chi connectivity index (χ0) is 15.2. The van der Waals surface area contributed by atoms with Gasteiger partial charge in [-0.1, -0.05) is 12.8 Å². The number of aliphatic hydroxyl groups excluding tert-OH is 2. The molecule has 1 fully saturated rings. The van der Waals surface area contributed by atoms with Crippen molar-refractivity contribution in [2.24, 2.45) is 5.92 Å². The summed E-state index contributed by atoms with van der Waals surface area (Å²) in [5, 5.41) is 37.3. The molecule has 8 heteroatoms. The summed E-state index contributed by atoms with van der Waals surface area (Å²) in [4.78, 5) is 10.0. The van der Waals surface area contributed by atoms with Gasteiger partial charge in [-0.25, -0.2) is 0 Å². The molecule has 118 valence electrons. The third-order valence-electron chi connectivity index (χ3n) is 3.88. The molecule has 2 rings (SSSR count). The summed E-state index contributed by atoms with van der Waals surface area (Å²) in [5.74, 6) is 0.247. The molecule has 21 heavy (non-hydrogen) atoms. The van der Waals surface area contributed by atoms with E-state index in [1.54, 1.807) is 0 Å². The van der Waals surface area contributed by atoms with Gasteiger partial charge < -0.3 is 15.5 Å². The summed E-state index contributed by atoms with van der Waals surface area (Å²) < 4.78 is 1.36. The molecule has 0 saturated heterocycles. The molecular weight excluding hydrogens is 276 g/mol. The molecule has 1 aliphatic rings. The van der Waals surface area contributed by atoms with Crippen molar-refractivity contribution in [3.05, 3.63) is 22.5 Å². The Labute approximate surface area is 122 Å². The molecule has 0 aliphatic heterocycles. The second-order valence-electron chi connectivity index (χ2n) is 5.60. The molecule has 3 unspecified atom stereocenters. The summed E-state index contributed by atoms with van der Waals surface area (Å²) in [7, 11) is 0. The molecular formula is C13H22N4O4. The van der Waals surface area contributed by atoms with E-state index in [-0.39, 0.29) is 24.3 Å². The topological polar surface area (TPSA) is 113 Å². The lowest BCUT2D eigenvalue weighted by Crippen LogP contribution is -2.38. The van der Waals surface area contributed by atoms with Gasteiger partial charge in [-0.3, -0.25) is 14.8 Å². The van der Waals surface area contributed by atoms with Gasteiger partial charge in [0.25, 0.3) is 0 Å². The molecule has 1 saturated carbocycles. The highest BCUT2D eigenvalue weighted by molar-refractivity contribution is 5.20. The highest BCUT2D eigenvalue weighted by atomic mass is 16.6. The van der Waals surface area contributed by atoms with Crippen LogP contribution in [0.15, 0.2) is 12.4 Å². The quantitative estimate of drug-likeness (QED) is 0.492. The van der Waals surface area contributed by atoms with E-state index >= 15 is 0 Å². The minimum atomic E-state index is -0.676. The lowest BCUT2D eigenvalue weighted by Gasteiger charge is -2.28. The molecule has 0 spiro atoms. The van der Waals surface area contributed by atoms with Crippen LogP contribution >= 0.6 is 0 Å². The molecule has 3 atom stereocenters. The van der Waals surface area contributed by atoms with Crippen LogP contribution in [0.5, 0.6) is 0 Å². The summed E-state index contributed by atoms with van der Waals surface area (Å²) in [5.41, 5.74) is -0.0829. The third kappa shape index (κ3) is 4.76. The van der Waals surface area contributed by atoms with E-state index in [4.69, 9.17) is 0 Å². The molecule has 1 aromatic rings. The Morgan fingerprint density at radius 3 is 2.95 bits per heavy atom. The Morgan fingerprint density at radius 1 is 1.52 bits per heavy atom. The molecule has 1 heterocycles. The standard InChI is InChI=1S/C13H22N4O4/c18-12(9-16-8-11(6-15-16)17(20)21)7-14-5-10-3-1-2-4-13(10)19/h6,8,10,12-14,18-19H,1-5,7,9H2. The van der Waals surface area contributed by atoms with Crippen LogP contribution in [0.4, 0.5) is 5.69 Å². The minimum Gasteiger partial charge on any atom is -0.393 e. The summed E-state index contributed by atoms with van der Waals surface area (Å²) in [6.45, 7) is 1.25. The Kier molecular flexibility index (Phi) is 5.66. The molecule has 0 aromatic carbocycles. The van der Waals surface area contributed by atoms with Gasteiger partial charge in [-0.15, -0.1) is 0 Å². The van der Waals surface area contributed by atoms with Crippen molar-refractivity contribution in [1.29, 1.82) is 0 Å². The SMILES string of the molecule is O=[N+]([O-])c1cnn(CC(O)CNCC2CCCCC2O)c1. The lowest BCUT2D eigenvalue weighted by molar-refractivity contribution is -0.385. The van der Waals surface area contributed by atoms with Crippen LogP contribution in [-0.2, 0) is 6.54 Å². The molecule has 8 nitrogen and oxygen atoms in total. The van der Waals surface area contributed by atoms with Crippen LogP contribution < -0.4 is 5.32 Å². The number of rotatable bonds is 7. The number of nitrogens with zero attached hydrogens (tertiary/aromatic N) is 3. The first-order valence-corrected chi connectivity index (χ1v) is 7.30. The molecule has 0 radical (unpaired) electrons. The Hall–Kier alpha value is -1.51. The van der Waals surface area contributed by atoms with E-state index in [0.29, 0.717) is 13.1 Å². The van der Waals surface area contributed by atoms with Crippen molar-refractivity contribution in [1.82, 2.24) is 15.1 Å². The first kappa shape index (κ1) is 15.9. The third-order valence-corrected chi connectivity index (χ3v) is 3.88.